The topological polar surface area (TPSA) is 85.7 Å². The van der Waals surface area contributed by atoms with E-state index in [1.165, 1.54) is 24.4 Å². The summed E-state index contributed by atoms with van der Waals surface area (Å²) in [5.74, 6) is -1.62. The van der Waals surface area contributed by atoms with Crippen LogP contribution in [0.5, 0.6) is 0 Å². The van der Waals surface area contributed by atoms with Crippen molar-refractivity contribution in [2.75, 3.05) is 19.7 Å². The Morgan fingerprint density at radius 2 is 1.74 bits per heavy atom. The first kappa shape index (κ1) is 23.9. The van der Waals surface area contributed by atoms with Crippen LogP contribution >= 0.6 is 0 Å². The number of fused-ring (bicyclic) bond motifs is 1. The molecule has 0 bridgehead atoms. The number of likely N-dealkylation sites (tertiary alicyclic amines) is 1. The van der Waals surface area contributed by atoms with E-state index in [-0.39, 0.29) is 34.8 Å². The standard InChI is InChI=1S/C25H27FN2O5S/c1-2-33-25(30)18-11-13-27(14-12-18)24(29)16-28-15-23(20-8-4-6-10-22(20)28)34(31,32)17-19-7-3-5-9-21(19)26/h3-10,15,18H,2,11-14,16-17H2,1H3. The minimum Gasteiger partial charge on any atom is -0.466 e. The van der Waals surface area contributed by atoms with Crippen molar-refractivity contribution in [1.82, 2.24) is 9.47 Å². The maximum absolute atomic E-state index is 14.1. The van der Waals surface area contributed by atoms with Crippen LogP contribution in [0.4, 0.5) is 4.39 Å². The predicted octanol–water partition coefficient (Wildman–Crippen LogP) is 3.56. The van der Waals surface area contributed by atoms with Crippen LogP contribution in [0.25, 0.3) is 10.9 Å². The summed E-state index contributed by atoms with van der Waals surface area (Å²) in [4.78, 5) is 26.7. The number of hydrogen-bond donors (Lipinski definition) is 0. The molecule has 1 amide bonds. The molecular weight excluding hydrogens is 459 g/mol. The number of para-hydroxylation sites is 1. The first-order chi connectivity index (χ1) is 16.3. The molecule has 4 rings (SSSR count). The van der Waals surface area contributed by atoms with Crippen molar-refractivity contribution in [3.05, 3.63) is 66.1 Å². The van der Waals surface area contributed by atoms with Gasteiger partial charge in [-0.25, -0.2) is 12.8 Å². The number of benzene rings is 2. The maximum Gasteiger partial charge on any atom is 0.309 e. The van der Waals surface area contributed by atoms with Crippen LogP contribution in [0.1, 0.15) is 25.3 Å². The number of nitrogens with zero attached hydrogens (tertiary/aromatic N) is 2. The van der Waals surface area contributed by atoms with Gasteiger partial charge in [-0.2, -0.15) is 0 Å². The Labute approximate surface area is 198 Å². The Hall–Kier alpha value is -3.20. The minimum atomic E-state index is -3.86. The second-order valence-corrected chi connectivity index (χ2v) is 10.4. The van der Waals surface area contributed by atoms with Crippen molar-refractivity contribution >= 4 is 32.6 Å². The van der Waals surface area contributed by atoms with Crippen LogP contribution in [-0.2, 0) is 36.5 Å². The molecule has 1 fully saturated rings. The molecule has 1 aliphatic heterocycles. The summed E-state index contributed by atoms with van der Waals surface area (Å²) < 4.78 is 47.2. The molecule has 0 atom stereocenters. The molecule has 1 saturated heterocycles. The van der Waals surface area contributed by atoms with Gasteiger partial charge in [0.05, 0.1) is 23.2 Å². The van der Waals surface area contributed by atoms with Gasteiger partial charge < -0.3 is 14.2 Å². The van der Waals surface area contributed by atoms with Gasteiger partial charge in [-0.1, -0.05) is 36.4 Å². The van der Waals surface area contributed by atoms with E-state index in [9.17, 15) is 22.4 Å². The Kier molecular flexibility index (Phi) is 7.02. The molecule has 0 N–H and O–H groups in total. The second kappa shape index (κ2) is 9.97. The van der Waals surface area contributed by atoms with Crippen molar-refractivity contribution in [2.45, 2.75) is 37.0 Å². The average Bonchev–Trinajstić information content (AvgIpc) is 3.20. The number of sulfone groups is 1. The van der Waals surface area contributed by atoms with Gasteiger partial charge in [-0.05, 0) is 31.9 Å². The Morgan fingerprint density at radius 1 is 1.06 bits per heavy atom. The van der Waals surface area contributed by atoms with E-state index < -0.39 is 21.4 Å². The SMILES string of the molecule is CCOC(=O)C1CCN(C(=O)Cn2cc(S(=O)(=O)Cc3ccccc3F)c3ccccc32)CC1. The molecular formula is C25H27FN2O5S. The molecule has 9 heteroatoms. The highest BCUT2D eigenvalue weighted by Gasteiger charge is 2.29. The van der Waals surface area contributed by atoms with Crippen molar-refractivity contribution < 1.29 is 27.1 Å². The predicted molar refractivity (Wildman–Crippen MR) is 125 cm³/mol. The number of esters is 1. The fraction of sp³-hybridized carbons (Fsp3) is 0.360. The van der Waals surface area contributed by atoms with Crippen LogP contribution in [0.2, 0.25) is 0 Å². The van der Waals surface area contributed by atoms with E-state index in [2.05, 4.69) is 0 Å². The molecule has 7 nitrogen and oxygen atoms in total. The molecule has 0 saturated carbocycles. The first-order valence-corrected chi connectivity index (χ1v) is 12.9. The zero-order valence-corrected chi connectivity index (χ0v) is 19.8. The van der Waals surface area contributed by atoms with Crippen LogP contribution in [0.3, 0.4) is 0 Å². The molecule has 1 aromatic heterocycles. The zero-order chi connectivity index (χ0) is 24.3. The lowest BCUT2D eigenvalue weighted by molar-refractivity contribution is -0.151. The largest absolute Gasteiger partial charge is 0.466 e. The van der Waals surface area contributed by atoms with Crippen LogP contribution in [0, 0.1) is 11.7 Å². The molecule has 0 aliphatic carbocycles. The van der Waals surface area contributed by atoms with Crippen LogP contribution < -0.4 is 0 Å². The quantitative estimate of drug-likeness (QED) is 0.477. The summed E-state index contributed by atoms with van der Waals surface area (Å²) in [6, 6.07) is 12.8. The van der Waals surface area contributed by atoms with E-state index in [1.807, 2.05) is 0 Å². The number of piperidine rings is 1. The molecule has 2 heterocycles. The summed E-state index contributed by atoms with van der Waals surface area (Å²) in [7, 11) is -3.86. The van der Waals surface area contributed by atoms with Gasteiger partial charge in [0, 0.05) is 35.8 Å². The Bertz CT molecular complexity index is 1310. The number of amides is 1. The van der Waals surface area contributed by atoms with E-state index in [4.69, 9.17) is 4.74 Å². The lowest BCUT2D eigenvalue weighted by Crippen LogP contribution is -2.42. The van der Waals surface area contributed by atoms with E-state index in [0.717, 1.165) is 0 Å². The Morgan fingerprint density at radius 3 is 2.44 bits per heavy atom. The molecule has 2 aromatic carbocycles. The monoisotopic (exact) mass is 486 g/mol. The van der Waals surface area contributed by atoms with Gasteiger partial charge in [-0.3, -0.25) is 9.59 Å². The van der Waals surface area contributed by atoms with Gasteiger partial charge >= 0.3 is 5.97 Å². The number of ether oxygens (including phenoxy) is 1. The number of aromatic nitrogens is 1. The van der Waals surface area contributed by atoms with Gasteiger partial charge in [0.2, 0.25) is 5.91 Å². The smallest absolute Gasteiger partial charge is 0.309 e. The summed E-state index contributed by atoms with van der Waals surface area (Å²) >= 11 is 0. The maximum atomic E-state index is 14.1. The fourth-order valence-corrected chi connectivity index (χ4v) is 5.95. The number of carbonyl (C=O) groups excluding carboxylic acids is 2. The summed E-state index contributed by atoms with van der Waals surface area (Å²) in [5, 5.41) is 0.493. The number of carbonyl (C=O) groups is 2. The van der Waals surface area contributed by atoms with Gasteiger partial charge in [0.25, 0.3) is 0 Å². The minimum absolute atomic E-state index is 0.0280. The van der Waals surface area contributed by atoms with Crippen molar-refractivity contribution in [3.63, 3.8) is 0 Å². The third kappa shape index (κ3) is 4.99. The van der Waals surface area contributed by atoms with Crippen molar-refractivity contribution in [3.8, 4) is 0 Å². The van der Waals surface area contributed by atoms with E-state index in [1.54, 1.807) is 46.7 Å². The van der Waals surface area contributed by atoms with Gasteiger partial charge in [-0.15, -0.1) is 0 Å². The molecule has 3 aromatic rings. The summed E-state index contributed by atoms with van der Waals surface area (Å²) in [5.41, 5.74) is 0.712. The van der Waals surface area contributed by atoms with Gasteiger partial charge in [0.1, 0.15) is 12.4 Å². The van der Waals surface area contributed by atoms with Crippen LogP contribution in [0.15, 0.2) is 59.6 Å². The van der Waals surface area contributed by atoms with E-state index >= 15 is 0 Å². The fourth-order valence-electron chi connectivity index (χ4n) is 4.36. The molecule has 0 radical (unpaired) electrons. The average molecular weight is 487 g/mol. The summed E-state index contributed by atoms with van der Waals surface area (Å²) in [6.45, 7) is 2.96. The van der Waals surface area contributed by atoms with E-state index in [0.29, 0.717) is 43.4 Å². The number of hydrogen-bond acceptors (Lipinski definition) is 5. The molecule has 1 aliphatic rings. The molecule has 0 spiro atoms. The lowest BCUT2D eigenvalue weighted by atomic mass is 9.97. The molecule has 0 unspecified atom stereocenters. The van der Waals surface area contributed by atoms with Crippen molar-refractivity contribution in [1.29, 1.82) is 0 Å². The van der Waals surface area contributed by atoms with Gasteiger partial charge in [0.15, 0.2) is 9.84 Å². The highest BCUT2D eigenvalue weighted by atomic mass is 32.2. The molecule has 34 heavy (non-hydrogen) atoms. The first-order valence-electron chi connectivity index (χ1n) is 11.3. The number of halogens is 1. The summed E-state index contributed by atoms with van der Waals surface area (Å²) in [6.07, 6.45) is 2.54. The zero-order valence-electron chi connectivity index (χ0n) is 18.9. The lowest BCUT2D eigenvalue weighted by Gasteiger charge is -2.31. The third-order valence-electron chi connectivity index (χ3n) is 6.16. The van der Waals surface area contributed by atoms with Crippen LogP contribution in [-0.4, -0.2) is 49.5 Å². The highest BCUT2D eigenvalue weighted by Crippen LogP contribution is 2.29. The molecule has 180 valence electrons. The highest BCUT2D eigenvalue weighted by molar-refractivity contribution is 7.90. The second-order valence-electron chi connectivity index (χ2n) is 8.40. The van der Waals surface area contributed by atoms with Crippen molar-refractivity contribution in [2.24, 2.45) is 5.92 Å². The third-order valence-corrected chi connectivity index (χ3v) is 7.85. The number of rotatable bonds is 7. The normalized spacial score (nSPS) is 14.9. The Balaban J connectivity index is 1.54.